The summed E-state index contributed by atoms with van der Waals surface area (Å²) in [5, 5.41) is 4.80. The van der Waals surface area contributed by atoms with Crippen LogP contribution in [0.15, 0.2) is 43.0 Å². The number of amides is 1. The molecule has 4 nitrogen and oxygen atoms in total. The molecule has 0 fully saturated rings. The summed E-state index contributed by atoms with van der Waals surface area (Å²) in [7, 11) is 0. The number of carbonyl (C=O) groups excluding carboxylic acids is 1. The molecule has 0 radical (unpaired) electrons. The summed E-state index contributed by atoms with van der Waals surface area (Å²) in [6, 6.07) is 10.4. The SMILES string of the molecule is C=C/C=c1/c(NC(C)=O)c2c(n/c1=C/C)N(Cc1ccccc1)CC2.CC.CC. The van der Waals surface area contributed by atoms with Crippen molar-refractivity contribution in [2.75, 3.05) is 16.8 Å². The molecule has 0 atom stereocenters. The summed E-state index contributed by atoms with van der Waals surface area (Å²) in [5.74, 6) is 0.887. The van der Waals surface area contributed by atoms with E-state index in [0.29, 0.717) is 0 Å². The molecule has 1 aromatic carbocycles. The van der Waals surface area contributed by atoms with Gasteiger partial charge in [0.05, 0.1) is 11.0 Å². The van der Waals surface area contributed by atoms with Gasteiger partial charge in [0.2, 0.25) is 5.91 Å². The fourth-order valence-electron chi connectivity index (χ4n) is 3.28. The van der Waals surface area contributed by atoms with Crippen molar-refractivity contribution in [2.24, 2.45) is 0 Å². The molecule has 2 aromatic rings. The zero-order valence-corrected chi connectivity index (χ0v) is 18.7. The summed E-state index contributed by atoms with van der Waals surface area (Å²) in [5.41, 5.74) is 3.22. The van der Waals surface area contributed by atoms with E-state index >= 15 is 0 Å². The van der Waals surface area contributed by atoms with Crippen LogP contribution in [0.25, 0.3) is 12.2 Å². The molecule has 156 valence electrons. The maximum atomic E-state index is 11.7. The van der Waals surface area contributed by atoms with Crippen LogP contribution in [-0.4, -0.2) is 17.4 Å². The minimum absolute atomic E-state index is 0.0734. The smallest absolute Gasteiger partial charge is 0.221 e. The topological polar surface area (TPSA) is 45.2 Å². The van der Waals surface area contributed by atoms with Gasteiger partial charge in [-0.3, -0.25) is 4.79 Å². The Hall–Kier alpha value is -2.88. The van der Waals surface area contributed by atoms with Gasteiger partial charge in [0, 0.05) is 30.8 Å². The highest BCUT2D eigenvalue weighted by Crippen LogP contribution is 2.30. The van der Waals surface area contributed by atoms with E-state index in [1.807, 2.05) is 52.8 Å². The first-order chi connectivity index (χ1) is 14.1. The van der Waals surface area contributed by atoms with Crippen LogP contribution in [0.5, 0.6) is 0 Å². The molecule has 4 heteroatoms. The molecule has 0 saturated carbocycles. The van der Waals surface area contributed by atoms with Crippen molar-refractivity contribution in [3.63, 3.8) is 0 Å². The molecule has 2 heterocycles. The molecule has 1 amide bonds. The summed E-state index contributed by atoms with van der Waals surface area (Å²) in [4.78, 5) is 18.9. The molecular weight excluding hydrogens is 358 g/mol. The van der Waals surface area contributed by atoms with Crippen LogP contribution in [0, 0.1) is 0 Å². The third-order valence-electron chi connectivity index (χ3n) is 4.35. The Labute approximate surface area is 175 Å². The summed E-state index contributed by atoms with van der Waals surface area (Å²) in [6.45, 7) is 17.0. The molecule has 0 unspecified atom stereocenters. The molecule has 29 heavy (non-hydrogen) atoms. The van der Waals surface area contributed by atoms with Crippen LogP contribution in [-0.2, 0) is 17.8 Å². The number of anilines is 2. The Bertz CT molecular complexity index is 917. The molecule has 0 bridgehead atoms. The van der Waals surface area contributed by atoms with Crippen LogP contribution in [0.1, 0.15) is 52.7 Å². The van der Waals surface area contributed by atoms with Crippen LogP contribution < -0.4 is 20.8 Å². The maximum Gasteiger partial charge on any atom is 0.221 e. The Morgan fingerprint density at radius 2 is 1.86 bits per heavy atom. The third-order valence-corrected chi connectivity index (χ3v) is 4.35. The highest BCUT2D eigenvalue weighted by molar-refractivity contribution is 5.91. The van der Waals surface area contributed by atoms with Gasteiger partial charge in [0.15, 0.2) is 0 Å². The Balaban J connectivity index is 0.000000989. The maximum absolute atomic E-state index is 11.7. The predicted octanol–water partition coefficient (Wildman–Crippen LogP) is 4.42. The average Bonchev–Trinajstić information content (AvgIpc) is 3.15. The average molecular weight is 394 g/mol. The lowest BCUT2D eigenvalue weighted by molar-refractivity contribution is -0.114. The Morgan fingerprint density at radius 1 is 1.21 bits per heavy atom. The number of pyridine rings is 1. The molecule has 0 saturated heterocycles. The van der Waals surface area contributed by atoms with Gasteiger partial charge in [-0.2, -0.15) is 0 Å². The second-order valence-electron chi connectivity index (χ2n) is 6.12. The molecule has 1 aliphatic rings. The first-order valence-electron chi connectivity index (χ1n) is 10.5. The van der Waals surface area contributed by atoms with E-state index in [1.54, 1.807) is 6.08 Å². The van der Waals surface area contributed by atoms with E-state index in [0.717, 1.165) is 47.1 Å². The Kier molecular flexibility index (Phi) is 10.5. The summed E-state index contributed by atoms with van der Waals surface area (Å²) >= 11 is 0. The lowest BCUT2D eigenvalue weighted by Crippen LogP contribution is -2.34. The first kappa shape index (κ1) is 24.2. The van der Waals surface area contributed by atoms with Gasteiger partial charge in [-0.15, -0.1) is 0 Å². The van der Waals surface area contributed by atoms with Crippen molar-refractivity contribution in [3.8, 4) is 0 Å². The van der Waals surface area contributed by atoms with Crippen LogP contribution in [0.3, 0.4) is 0 Å². The first-order valence-corrected chi connectivity index (χ1v) is 10.5. The van der Waals surface area contributed by atoms with Crippen molar-refractivity contribution in [3.05, 3.63) is 64.7 Å². The van der Waals surface area contributed by atoms with E-state index in [4.69, 9.17) is 4.98 Å². The van der Waals surface area contributed by atoms with Gasteiger partial charge in [-0.1, -0.05) is 82.8 Å². The highest BCUT2D eigenvalue weighted by atomic mass is 16.1. The number of carbonyl (C=O) groups is 1. The normalized spacial score (nSPS) is 13.0. The van der Waals surface area contributed by atoms with E-state index < -0.39 is 0 Å². The van der Waals surface area contributed by atoms with Gasteiger partial charge in [0.25, 0.3) is 0 Å². The van der Waals surface area contributed by atoms with Crippen LogP contribution in [0.2, 0.25) is 0 Å². The van der Waals surface area contributed by atoms with Crippen molar-refractivity contribution in [1.29, 1.82) is 0 Å². The lowest BCUT2D eigenvalue weighted by atomic mass is 10.1. The zero-order valence-electron chi connectivity index (χ0n) is 18.7. The minimum Gasteiger partial charge on any atom is -0.352 e. The number of nitrogens with one attached hydrogen (secondary N) is 1. The molecular formula is C25H35N3O. The van der Waals surface area contributed by atoms with Crippen molar-refractivity contribution in [2.45, 2.75) is 54.5 Å². The minimum atomic E-state index is -0.0734. The fraction of sp³-hybridized carbons (Fsp3) is 0.360. The number of hydrogen-bond donors (Lipinski definition) is 1. The molecule has 3 rings (SSSR count). The molecule has 1 aliphatic heterocycles. The second-order valence-corrected chi connectivity index (χ2v) is 6.12. The Morgan fingerprint density at radius 3 is 2.41 bits per heavy atom. The number of rotatable bonds is 4. The predicted molar refractivity (Wildman–Crippen MR) is 126 cm³/mol. The molecule has 0 spiro atoms. The molecule has 1 N–H and O–H groups in total. The standard InChI is InChI=1S/C21H23N3O.2C2H6/c1-4-9-17-19(5-2)23-21-18(20(17)22-15(3)25)12-13-24(21)14-16-10-7-6-8-11-16;2*1-2/h4-11H,1,12-14H2,2-3H3,(H,22,25);2*1-2H3/b17-9+,19-5+;;. The van der Waals surface area contributed by atoms with Crippen LogP contribution >= 0.6 is 0 Å². The van der Waals surface area contributed by atoms with Crippen LogP contribution in [0.4, 0.5) is 11.5 Å². The molecule has 0 aliphatic carbocycles. The number of benzene rings is 1. The van der Waals surface area contributed by atoms with Crippen molar-refractivity contribution < 1.29 is 4.79 Å². The fourth-order valence-corrected chi connectivity index (χ4v) is 3.28. The number of allylic oxidation sites excluding steroid dienone is 1. The van der Waals surface area contributed by atoms with E-state index in [1.165, 1.54) is 12.5 Å². The van der Waals surface area contributed by atoms with Crippen molar-refractivity contribution in [1.82, 2.24) is 4.98 Å². The summed E-state index contributed by atoms with van der Waals surface area (Å²) < 4.78 is 0. The zero-order chi connectivity index (χ0) is 21.8. The third kappa shape index (κ3) is 6.05. The van der Waals surface area contributed by atoms with Gasteiger partial charge in [-0.25, -0.2) is 4.98 Å². The van der Waals surface area contributed by atoms with Gasteiger partial charge >= 0.3 is 0 Å². The van der Waals surface area contributed by atoms with Gasteiger partial charge < -0.3 is 10.2 Å². The largest absolute Gasteiger partial charge is 0.352 e. The lowest BCUT2D eigenvalue weighted by Gasteiger charge is -2.19. The van der Waals surface area contributed by atoms with Gasteiger partial charge in [-0.05, 0) is 18.9 Å². The monoisotopic (exact) mass is 393 g/mol. The second kappa shape index (κ2) is 12.6. The van der Waals surface area contributed by atoms with E-state index in [-0.39, 0.29) is 5.91 Å². The van der Waals surface area contributed by atoms with E-state index in [9.17, 15) is 4.79 Å². The number of hydrogen-bond acceptors (Lipinski definition) is 3. The van der Waals surface area contributed by atoms with E-state index in [2.05, 4.69) is 41.1 Å². The number of aromatic nitrogens is 1. The summed E-state index contributed by atoms with van der Waals surface area (Å²) in [6.07, 6.45) is 6.48. The molecule has 1 aromatic heterocycles. The highest BCUT2D eigenvalue weighted by Gasteiger charge is 2.25. The number of nitrogens with zero attached hydrogens (tertiary/aromatic N) is 2. The quantitative estimate of drug-likeness (QED) is 0.836. The van der Waals surface area contributed by atoms with Gasteiger partial charge in [0.1, 0.15) is 5.82 Å². The van der Waals surface area contributed by atoms with Crippen molar-refractivity contribution >= 4 is 29.6 Å². The number of fused-ring (bicyclic) bond motifs is 1.